The fourth-order valence-electron chi connectivity index (χ4n) is 1.42. The van der Waals surface area contributed by atoms with Crippen LogP contribution in [0.5, 0.6) is 5.75 Å². The van der Waals surface area contributed by atoms with E-state index in [1.165, 1.54) is 0 Å². The molecule has 1 aromatic carbocycles. The van der Waals surface area contributed by atoms with Crippen molar-refractivity contribution in [3.63, 3.8) is 0 Å². The first kappa shape index (κ1) is 16.4. The molecule has 0 aliphatic rings. The van der Waals surface area contributed by atoms with E-state index in [0.717, 1.165) is 31.0 Å². The van der Waals surface area contributed by atoms with Crippen LogP contribution in [0.2, 0.25) is 0 Å². The van der Waals surface area contributed by atoms with Crippen LogP contribution in [-0.4, -0.2) is 35.2 Å². The second kappa shape index (κ2) is 7.83. The van der Waals surface area contributed by atoms with Gasteiger partial charge in [-0.3, -0.25) is 10.1 Å². The third kappa shape index (κ3) is 5.09. The number of aromatic carboxylic acids is 1. The van der Waals surface area contributed by atoms with Gasteiger partial charge in [0.05, 0.1) is 17.1 Å². The summed E-state index contributed by atoms with van der Waals surface area (Å²) in [6, 6.07) is 3.17. The molecule has 0 radical (unpaired) electrons. The third-order valence-corrected chi connectivity index (χ3v) is 2.51. The Morgan fingerprint density at radius 1 is 1.38 bits per heavy atom. The van der Waals surface area contributed by atoms with E-state index >= 15 is 0 Å². The number of esters is 1. The number of unbranched alkanes of at least 4 members (excludes halogenated alkanes) is 1. The van der Waals surface area contributed by atoms with Crippen LogP contribution in [0.1, 0.15) is 30.1 Å². The van der Waals surface area contributed by atoms with Gasteiger partial charge in [-0.1, -0.05) is 13.3 Å². The van der Waals surface area contributed by atoms with E-state index in [1.807, 2.05) is 6.92 Å². The van der Waals surface area contributed by atoms with Crippen molar-refractivity contribution >= 4 is 17.6 Å². The molecule has 1 rings (SSSR count). The average Bonchev–Trinajstić information content (AvgIpc) is 2.45. The van der Waals surface area contributed by atoms with Crippen molar-refractivity contribution < 1.29 is 29.1 Å². The van der Waals surface area contributed by atoms with Crippen molar-refractivity contribution in [1.29, 1.82) is 0 Å². The lowest BCUT2D eigenvalue weighted by atomic mass is 10.2. The highest BCUT2D eigenvalue weighted by molar-refractivity contribution is 5.89. The quantitative estimate of drug-likeness (QED) is 0.337. The Kier molecular flexibility index (Phi) is 6.12. The van der Waals surface area contributed by atoms with Crippen LogP contribution in [0, 0.1) is 10.1 Å². The van der Waals surface area contributed by atoms with Crippen LogP contribution in [0.4, 0.5) is 5.69 Å². The molecule has 1 N–H and O–H groups in total. The highest BCUT2D eigenvalue weighted by Crippen LogP contribution is 2.28. The molecule has 0 saturated carbocycles. The molecule has 0 amide bonds. The van der Waals surface area contributed by atoms with E-state index in [9.17, 15) is 19.7 Å². The lowest BCUT2D eigenvalue weighted by Gasteiger charge is -2.07. The number of benzene rings is 1. The van der Waals surface area contributed by atoms with E-state index in [1.54, 1.807) is 0 Å². The molecule has 0 fully saturated rings. The molecule has 0 heterocycles. The van der Waals surface area contributed by atoms with Gasteiger partial charge in [0.15, 0.2) is 12.4 Å². The number of carbonyl (C=O) groups excluding carboxylic acids is 1. The minimum Gasteiger partial charge on any atom is -0.478 e. The lowest BCUT2D eigenvalue weighted by molar-refractivity contribution is -0.385. The maximum absolute atomic E-state index is 11.3. The summed E-state index contributed by atoms with van der Waals surface area (Å²) in [7, 11) is 0. The number of hydrogen-bond acceptors (Lipinski definition) is 6. The van der Waals surface area contributed by atoms with Gasteiger partial charge >= 0.3 is 17.6 Å². The van der Waals surface area contributed by atoms with Gasteiger partial charge in [-0.15, -0.1) is 0 Å². The molecule has 0 aromatic heterocycles. The molecular weight excluding hydrogens is 282 g/mol. The zero-order chi connectivity index (χ0) is 15.8. The maximum Gasteiger partial charge on any atom is 0.344 e. The summed E-state index contributed by atoms with van der Waals surface area (Å²) in [6.07, 6.45) is 1.59. The van der Waals surface area contributed by atoms with Crippen molar-refractivity contribution in [2.45, 2.75) is 19.8 Å². The van der Waals surface area contributed by atoms with Crippen LogP contribution in [0.15, 0.2) is 18.2 Å². The fraction of sp³-hybridized carbons (Fsp3) is 0.385. The number of hydrogen-bond donors (Lipinski definition) is 1. The Morgan fingerprint density at radius 2 is 2.10 bits per heavy atom. The standard InChI is InChI=1S/C13H15NO7/c1-2-3-6-20-12(15)8-21-11-5-4-9(13(16)17)7-10(11)14(18)19/h4-5,7H,2-3,6,8H2,1H3,(H,16,17). The Morgan fingerprint density at radius 3 is 2.67 bits per heavy atom. The molecule has 0 aliphatic carbocycles. The Labute approximate surface area is 120 Å². The summed E-state index contributed by atoms with van der Waals surface area (Å²) in [5, 5.41) is 19.7. The van der Waals surface area contributed by atoms with Crippen molar-refractivity contribution in [2.24, 2.45) is 0 Å². The van der Waals surface area contributed by atoms with Gasteiger partial charge in [0, 0.05) is 6.07 Å². The summed E-state index contributed by atoms with van der Waals surface area (Å²) in [6.45, 7) is 1.73. The highest BCUT2D eigenvalue weighted by atomic mass is 16.6. The van der Waals surface area contributed by atoms with Crippen molar-refractivity contribution in [2.75, 3.05) is 13.2 Å². The predicted molar refractivity (Wildman–Crippen MR) is 71.4 cm³/mol. The molecule has 0 unspecified atom stereocenters. The van der Waals surface area contributed by atoms with E-state index in [-0.39, 0.29) is 17.9 Å². The molecule has 0 atom stereocenters. The first-order valence-corrected chi connectivity index (χ1v) is 6.25. The molecule has 21 heavy (non-hydrogen) atoms. The van der Waals surface area contributed by atoms with Gasteiger partial charge in [0.2, 0.25) is 0 Å². The third-order valence-electron chi connectivity index (χ3n) is 2.51. The van der Waals surface area contributed by atoms with E-state index in [0.29, 0.717) is 0 Å². The molecule has 114 valence electrons. The number of carboxylic acids is 1. The van der Waals surface area contributed by atoms with Gasteiger partial charge in [-0.25, -0.2) is 9.59 Å². The highest BCUT2D eigenvalue weighted by Gasteiger charge is 2.19. The largest absolute Gasteiger partial charge is 0.478 e. The molecule has 0 saturated heterocycles. The second-order valence-electron chi connectivity index (χ2n) is 4.11. The molecular formula is C13H15NO7. The second-order valence-corrected chi connectivity index (χ2v) is 4.11. The normalized spacial score (nSPS) is 9.95. The topological polar surface area (TPSA) is 116 Å². The number of carbonyl (C=O) groups is 2. The molecule has 0 bridgehead atoms. The Bertz CT molecular complexity index is 541. The Hall–Kier alpha value is -2.64. The smallest absolute Gasteiger partial charge is 0.344 e. The minimum absolute atomic E-state index is 0.183. The van der Waals surface area contributed by atoms with Crippen LogP contribution in [0.3, 0.4) is 0 Å². The van der Waals surface area contributed by atoms with E-state index in [4.69, 9.17) is 14.6 Å². The number of nitrogens with zero attached hydrogens (tertiary/aromatic N) is 1. The van der Waals surface area contributed by atoms with Gasteiger partial charge < -0.3 is 14.6 Å². The first-order valence-electron chi connectivity index (χ1n) is 6.25. The van der Waals surface area contributed by atoms with Crippen LogP contribution in [-0.2, 0) is 9.53 Å². The van der Waals surface area contributed by atoms with Crippen LogP contribution in [0.25, 0.3) is 0 Å². The molecule has 1 aromatic rings. The number of nitro groups is 1. The number of ether oxygens (including phenoxy) is 2. The van der Waals surface area contributed by atoms with Crippen molar-refractivity contribution in [3.05, 3.63) is 33.9 Å². The zero-order valence-electron chi connectivity index (χ0n) is 11.4. The van der Waals surface area contributed by atoms with E-state index < -0.39 is 29.2 Å². The summed E-state index contributed by atoms with van der Waals surface area (Å²) in [4.78, 5) is 32.2. The first-order chi connectivity index (χ1) is 9.95. The van der Waals surface area contributed by atoms with Gasteiger partial charge in [-0.05, 0) is 18.6 Å². The van der Waals surface area contributed by atoms with Gasteiger partial charge in [-0.2, -0.15) is 0 Å². The van der Waals surface area contributed by atoms with Crippen molar-refractivity contribution in [1.82, 2.24) is 0 Å². The zero-order valence-corrected chi connectivity index (χ0v) is 11.4. The Balaban J connectivity index is 2.72. The van der Waals surface area contributed by atoms with Gasteiger partial charge in [0.1, 0.15) is 0 Å². The maximum atomic E-state index is 11.3. The number of carboxylic acid groups (broad SMARTS) is 1. The minimum atomic E-state index is -1.29. The summed E-state index contributed by atoms with van der Waals surface area (Å²) in [5.74, 6) is -2.11. The molecule has 0 aliphatic heterocycles. The van der Waals surface area contributed by atoms with E-state index in [2.05, 4.69) is 0 Å². The summed E-state index contributed by atoms with van der Waals surface area (Å²) in [5.41, 5.74) is -0.754. The van der Waals surface area contributed by atoms with Crippen LogP contribution < -0.4 is 4.74 Å². The molecule has 8 heteroatoms. The van der Waals surface area contributed by atoms with Crippen LogP contribution >= 0.6 is 0 Å². The van der Waals surface area contributed by atoms with Gasteiger partial charge in [0.25, 0.3) is 0 Å². The van der Waals surface area contributed by atoms with Crippen molar-refractivity contribution in [3.8, 4) is 5.75 Å². The SMILES string of the molecule is CCCCOC(=O)COc1ccc(C(=O)O)cc1[N+](=O)[O-]. The average molecular weight is 297 g/mol. The summed E-state index contributed by atoms with van der Waals surface area (Å²) < 4.78 is 9.86. The molecule has 8 nitrogen and oxygen atoms in total. The monoisotopic (exact) mass is 297 g/mol. The number of rotatable bonds is 8. The predicted octanol–water partition coefficient (Wildman–Crippen LogP) is 2.02. The molecule has 0 spiro atoms. The fourth-order valence-corrected chi connectivity index (χ4v) is 1.42. The lowest BCUT2D eigenvalue weighted by Crippen LogP contribution is -2.16. The summed E-state index contributed by atoms with van der Waals surface area (Å²) >= 11 is 0. The number of nitro benzene ring substituents is 1.